The largest absolute Gasteiger partial charge is 0.363 e. The number of aromatic nitrogens is 2. The fourth-order valence-corrected chi connectivity index (χ4v) is 3.11. The van der Waals surface area contributed by atoms with Gasteiger partial charge in [0.2, 0.25) is 0 Å². The summed E-state index contributed by atoms with van der Waals surface area (Å²) >= 11 is 1.92. The van der Waals surface area contributed by atoms with Crippen molar-refractivity contribution in [3.05, 3.63) is 22.7 Å². The molecule has 1 aromatic heterocycles. The minimum absolute atomic E-state index is 0.0428. The van der Waals surface area contributed by atoms with E-state index in [2.05, 4.69) is 16.6 Å². The molecule has 1 N–H and O–H groups in total. The van der Waals surface area contributed by atoms with Gasteiger partial charge in [-0.25, -0.2) is 4.98 Å². The van der Waals surface area contributed by atoms with Crippen molar-refractivity contribution in [2.24, 2.45) is 7.05 Å². The summed E-state index contributed by atoms with van der Waals surface area (Å²) in [5, 5.41) is 4.01. The van der Waals surface area contributed by atoms with Gasteiger partial charge in [0.1, 0.15) is 0 Å². The van der Waals surface area contributed by atoms with Gasteiger partial charge in [-0.2, -0.15) is 11.8 Å². The summed E-state index contributed by atoms with van der Waals surface area (Å²) in [6.45, 7) is 0. The predicted octanol–water partition coefficient (Wildman–Crippen LogP) is 1.87. The van der Waals surface area contributed by atoms with Crippen LogP contribution >= 0.6 is 11.8 Å². The molecular formula is C12H19N3OS. The number of nitrogens with zero attached hydrogens (tertiary/aromatic N) is 2. The number of hydrogen-bond acceptors (Lipinski definition) is 4. The molecule has 1 aliphatic carbocycles. The number of anilines is 1. The van der Waals surface area contributed by atoms with Gasteiger partial charge in [-0.15, -0.1) is 0 Å². The molecule has 2 rings (SSSR count). The van der Waals surface area contributed by atoms with Crippen molar-refractivity contribution < 1.29 is 0 Å². The van der Waals surface area contributed by atoms with Crippen LogP contribution in [0, 0.1) is 0 Å². The molecule has 0 amide bonds. The summed E-state index contributed by atoms with van der Waals surface area (Å²) < 4.78 is 1.56. The first-order chi connectivity index (χ1) is 8.20. The Hall–Kier alpha value is -0.970. The van der Waals surface area contributed by atoms with Crippen LogP contribution in [0.5, 0.6) is 0 Å². The van der Waals surface area contributed by atoms with E-state index in [-0.39, 0.29) is 5.56 Å². The van der Waals surface area contributed by atoms with Crippen LogP contribution in [0.3, 0.4) is 0 Å². The van der Waals surface area contributed by atoms with Crippen LogP contribution in [0.2, 0.25) is 0 Å². The standard InChI is InChI=1S/C12H19N3OS/c1-15-7-6-13-11(12(15)16)14-9-4-3-5-10(8-9)17-2/h6-7,9-10H,3-5,8H2,1-2H3,(H,13,14). The van der Waals surface area contributed by atoms with Gasteiger partial charge in [-0.3, -0.25) is 4.79 Å². The maximum absolute atomic E-state index is 11.8. The molecule has 2 unspecified atom stereocenters. The molecule has 0 aliphatic heterocycles. The quantitative estimate of drug-likeness (QED) is 0.893. The van der Waals surface area contributed by atoms with Crippen molar-refractivity contribution in [1.29, 1.82) is 0 Å². The molecular weight excluding hydrogens is 234 g/mol. The minimum atomic E-state index is -0.0428. The second kappa shape index (κ2) is 5.58. The van der Waals surface area contributed by atoms with Gasteiger partial charge in [-0.05, 0) is 25.5 Å². The highest BCUT2D eigenvalue weighted by molar-refractivity contribution is 7.99. The fourth-order valence-electron chi connectivity index (χ4n) is 2.28. The molecule has 0 spiro atoms. The smallest absolute Gasteiger partial charge is 0.293 e. The van der Waals surface area contributed by atoms with Gasteiger partial charge in [0.05, 0.1) is 0 Å². The molecule has 0 saturated heterocycles. The average Bonchev–Trinajstić information content (AvgIpc) is 2.35. The summed E-state index contributed by atoms with van der Waals surface area (Å²) in [4.78, 5) is 16.0. The Morgan fingerprint density at radius 3 is 3.12 bits per heavy atom. The van der Waals surface area contributed by atoms with E-state index in [1.807, 2.05) is 11.8 Å². The molecule has 0 bridgehead atoms. The monoisotopic (exact) mass is 253 g/mol. The Morgan fingerprint density at radius 2 is 2.35 bits per heavy atom. The van der Waals surface area contributed by atoms with E-state index >= 15 is 0 Å². The average molecular weight is 253 g/mol. The lowest BCUT2D eigenvalue weighted by Crippen LogP contribution is -2.32. The van der Waals surface area contributed by atoms with Gasteiger partial charge in [0.25, 0.3) is 5.56 Å². The Labute approximate surface area is 106 Å². The highest BCUT2D eigenvalue weighted by Crippen LogP contribution is 2.27. The van der Waals surface area contributed by atoms with E-state index in [0.717, 1.165) is 12.8 Å². The number of rotatable bonds is 3. The third-order valence-corrected chi connectivity index (χ3v) is 4.41. The summed E-state index contributed by atoms with van der Waals surface area (Å²) in [7, 11) is 1.75. The lowest BCUT2D eigenvalue weighted by atomic mass is 9.95. The molecule has 1 aromatic rings. The van der Waals surface area contributed by atoms with Crippen LogP contribution < -0.4 is 10.9 Å². The molecule has 0 aromatic carbocycles. The van der Waals surface area contributed by atoms with Crippen molar-refractivity contribution in [3.8, 4) is 0 Å². The molecule has 4 nitrogen and oxygen atoms in total. The highest BCUT2D eigenvalue weighted by atomic mass is 32.2. The van der Waals surface area contributed by atoms with E-state index in [9.17, 15) is 4.79 Å². The third-order valence-electron chi connectivity index (χ3n) is 3.32. The molecule has 17 heavy (non-hydrogen) atoms. The fraction of sp³-hybridized carbons (Fsp3) is 0.667. The maximum Gasteiger partial charge on any atom is 0.293 e. The minimum Gasteiger partial charge on any atom is -0.363 e. The summed E-state index contributed by atoms with van der Waals surface area (Å²) in [5.41, 5.74) is -0.0428. The molecule has 2 atom stereocenters. The first-order valence-corrected chi connectivity index (χ1v) is 7.30. The lowest BCUT2D eigenvalue weighted by Gasteiger charge is -2.28. The normalized spacial score (nSPS) is 24.6. The van der Waals surface area contributed by atoms with E-state index in [4.69, 9.17) is 0 Å². The van der Waals surface area contributed by atoms with E-state index in [1.165, 1.54) is 12.8 Å². The SMILES string of the molecule is CSC1CCCC(Nc2nccn(C)c2=O)C1. The van der Waals surface area contributed by atoms with Crippen molar-refractivity contribution in [3.63, 3.8) is 0 Å². The maximum atomic E-state index is 11.8. The van der Waals surface area contributed by atoms with Crippen molar-refractivity contribution >= 4 is 17.6 Å². The molecule has 0 radical (unpaired) electrons. The van der Waals surface area contributed by atoms with Gasteiger partial charge < -0.3 is 9.88 Å². The van der Waals surface area contributed by atoms with Crippen molar-refractivity contribution in [2.75, 3.05) is 11.6 Å². The van der Waals surface area contributed by atoms with E-state index < -0.39 is 0 Å². The Kier molecular flexibility index (Phi) is 4.10. The zero-order valence-electron chi connectivity index (χ0n) is 10.3. The molecule has 1 saturated carbocycles. The summed E-state index contributed by atoms with van der Waals surface area (Å²) in [6, 6.07) is 0.392. The second-order valence-corrected chi connectivity index (χ2v) is 5.70. The molecule has 5 heteroatoms. The van der Waals surface area contributed by atoms with Crippen LogP contribution in [0.1, 0.15) is 25.7 Å². The van der Waals surface area contributed by atoms with Crippen molar-refractivity contribution in [2.45, 2.75) is 37.0 Å². The number of hydrogen-bond donors (Lipinski definition) is 1. The number of aryl methyl sites for hydroxylation is 1. The topological polar surface area (TPSA) is 46.9 Å². The number of thioether (sulfide) groups is 1. The van der Waals surface area contributed by atoms with Gasteiger partial charge in [0.15, 0.2) is 5.82 Å². The zero-order chi connectivity index (χ0) is 12.3. The first kappa shape index (κ1) is 12.5. The third kappa shape index (κ3) is 3.03. The van der Waals surface area contributed by atoms with Gasteiger partial charge >= 0.3 is 0 Å². The second-order valence-electron chi connectivity index (χ2n) is 4.56. The predicted molar refractivity (Wildman–Crippen MR) is 72.7 cm³/mol. The lowest BCUT2D eigenvalue weighted by molar-refractivity contribution is 0.472. The zero-order valence-corrected chi connectivity index (χ0v) is 11.2. The van der Waals surface area contributed by atoms with E-state index in [0.29, 0.717) is 17.1 Å². The van der Waals surface area contributed by atoms with Crippen LogP contribution in [0.25, 0.3) is 0 Å². The summed E-state index contributed by atoms with van der Waals surface area (Å²) in [6.07, 6.45) is 10.3. The van der Waals surface area contributed by atoms with Crippen molar-refractivity contribution in [1.82, 2.24) is 9.55 Å². The molecule has 94 valence electrons. The van der Waals surface area contributed by atoms with Crippen LogP contribution in [0.15, 0.2) is 17.2 Å². The number of nitrogens with one attached hydrogen (secondary N) is 1. The van der Waals surface area contributed by atoms with Crippen LogP contribution in [0.4, 0.5) is 5.82 Å². The first-order valence-electron chi connectivity index (χ1n) is 6.01. The highest BCUT2D eigenvalue weighted by Gasteiger charge is 2.22. The van der Waals surface area contributed by atoms with Gasteiger partial charge in [-0.1, -0.05) is 6.42 Å². The molecule has 1 fully saturated rings. The van der Waals surface area contributed by atoms with Crippen LogP contribution in [-0.4, -0.2) is 27.1 Å². The molecule has 1 aliphatic rings. The Morgan fingerprint density at radius 1 is 1.53 bits per heavy atom. The molecule has 1 heterocycles. The Balaban J connectivity index is 2.05. The Bertz CT molecular complexity index is 432. The van der Waals surface area contributed by atoms with E-state index in [1.54, 1.807) is 24.0 Å². The van der Waals surface area contributed by atoms with Crippen LogP contribution in [-0.2, 0) is 7.05 Å². The van der Waals surface area contributed by atoms with Gasteiger partial charge in [0, 0.05) is 30.7 Å². The summed E-state index contributed by atoms with van der Waals surface area (Å²) in [5.74, 6) is 0.488.